The van der Waals surface area contributed by atoms with Gasteiger partial charge in [0.25, 0.3) is 5.91 Å². The highest BCUT2D eigenvalue weighted by molar-refractivity contribution is 7.89. The zero-order valence-electron chi connectivity index (χ0n) is 18.2. The molecule has 8 heteroatoms. The zero-order valence-corrected chi connectivity index (χ0v) is 19.8. The van der Waals surface area contributed by atoms with Crippen LogP contribution in [0.2, 0.25) is 0 Å². The number of benzene rings is 2. The van der Waals surface area contributed by atoms with Gasteiger partial charge in [0.2, 0.25) is 10.0 Å². The maximum atomic E-state index is 12.9. The van der Waals surface area contributed by atoms with Gasteiger partial charge in [-0.3, -0.25) is 4.79 Å². The minimum atomic E-state index is -3.53. The van der Waals surface area contributed by atoms with Crippen LogP contribution in [-0.2, 0) is 16.6 Å². The largest absolute Gasteiger partial charge is 0.489 e. The first kappa shape index (κ1) is 22.5. The molecule has 6 nitrogen and oxygen atoms in total. The molecule has 1 amide bonds. The number of rotatable bonds is 6. The van der Waals surface area contributed by atoms with Gasteiger partial charge in [-0.05, 0) is 49.1 Å². The lowest BCUT2D eigenvalue weighted by molar-refractivity contribution is 0.0702. The van der Waals surface area contributed by atoms with E-state index in [0.29, 0.717) is 24.6 Å². The summed E-state index contributed by atoms with van der Waals surface area (Å²) < 4.78 is 32.9. The summed E-state index contributed by atoms with van der Waals surface area (Å²) in [5.41, 5.74) is 3.22. The predicted octanol–water partition coefficient (Wildman–Crippen LogP) is 4.09. The van der Waals surface area contributed by atoms with E-state index in [1.54, 1.807) is 35.2 Å². The Labute approximate surface area is 193 Å². The van der Waals surface area contributed by atoms with Crippen molar-refractivity contribution in [2.45, 2.75) is 25.3 Å². The number of carbonyl (C=O) groups is 1. The average Bonchev–Trinajstić information content (AvgIpc) is 3.28. The van der Waals surface area contributed by atoms with Crippen molar-refractivity contribution >= 4 is 27.3 Å². The van der Waals surface area contributed by atoms with Crippen molar-refractivity contribution in [1.82, 2.24) is 9.21 Å². The lowest BCUT2D eigenvalue weighted by atomic mass is 10.1. The van der Waals surface area contributed by atoms with Crippen LogP contribution in [0, 0.1) is 13.8 Å². The van der Waals surface area contributed by atoms with Crippen LogP contribution >= 0.6 is 11.3 Å². The second-order valence-electron chi connectivity index (χ2n) is 7.89. The Bertz CT molecular complexity index is 1200. The van der Waals surface area contributed by atoms with Gasteiger partial charge in [-0.15, -0.1) is 11.3 Å². The summed E-state index contributed by atoms with van der Waals surface area (Å²) in [6.07, 6.45) is 0. The molecule has 1 aromatic heterocycles. The van der Waals surface area contributed by atoms with E-state index in [1.807, 2.05) is 37.4 Å². The highest BCUT2D eigenvalue weighted by Crippen LogP contribution is 2.24. The molecule has 0 saturated carbocycles. The van der Waals surface area contributed by atoms with Gasteiger partial charge in [0, 0.05) is 31.7 Å². The predicted molar refractivity (Wildman–Crippen MR) is 126 cm³/mol. The standard InChI is InChI=1S/C24H26N2O4S2/c1-18-8-9-22(19(2)14-18)30-16-20-15-23(31-17-20)24(27)25-10-12-26(13-11-25)32(28,29)21-6-4-3-5-7-21/h3-9,14-15,17H,10-13,16H2,1-2H3. The number of hydrogen-bond acceptors (Lipinski definition) is 5. The molecule has 0 N–H and O–H groups in total. The normalized spacial score (nSPS) is 15.0. The van der Waals surface area contributed by atoms with Gasteiger partial charge < -0.3 is 9.64 Å². The summed E-state index contributed by atoms with van der Waals surface area (Å²) >= 11 is 1.39. The summed E-state index contributed by atoms with van der Waals surface area (Å²) in [7, 11) is -3.53. The number of nitrogens with zero attached hydrogens (tertiary/aromatic N) is 2. The summed E-state index contributed by atoms with van der Waals surface area (Å²) in [6.45, 7) is 5.78. The Balaban J connectivity index is 1.34. The maximum absolute atomic E-state index is 12.9. The van der Waals surface area contributed by atoms with Crippen molar-refractivity contribution in [3.05, 3.63) is 81.5 Å². The maximum Gasteiger partial charge on any atom is 0.264 e. The summed E-state index contributed by atoms with van der Waals surface area (Å²) in [4.78, 5) is 15.6. The van der Waals surface area contributed by atoms with Crippen LogP contribution in [0.25, 0.3) is 0 Å². The first-order valence-electron chi connectivity index (χ1n) is 10.5. The summed E-state index contributed by atoms with van der Waals surface area (Å²) in [5.74, 6) is 0.773. The Morgan fingerprint density at radius 3 is 2.41 bits per heavy atom. The zero-order chi connectivity index (χ0) is 22.7. The summed E-state index contributed by atoms with van der Waals surface area (Å²) in [5, 5.41) is 1.94. The molecular formula is C24H26N2O4S2. The molecule has 2 heterocycles. The van der Waals surface area contributed by atoms with Crippen LogP contribution in [0.15, 0.2) is 64.9 Å². The molecule has 1 fully saturated rings. The Morgan fingerprint density at radius 1 is 1.00 bits per heavy atom. The third-order valence-corrected chi connectivity index (χ3v) is 8.38. The third-order valence-electron chi connectivity index (χ3n) is 5.50. The minimum Gasteiger partial charge on any atom is -0.489 e. The lowest BCUT2D eigenvalue weighted by Crippen LogP contribution is -2.50. The number of hydrogen-bond donors (Lipinski definition) is 0. The first-order valence-corrected chi connectivity index (χ1v) is 12.8. The Hall–Kier alpha value is -2.68. The summed E-state index contributed by atoms with van der Waals surface area (Å²) in [6, 6.07) is 16.3. The molecule has 3 aromatic rings. The molecule has 1 aliphatic heterocycles. The van der Waals surface area contributed by atoms with E-state index in [4.69, 9.17) is 4.74 Å². The Kier molecular flexibility index (Phi) is 6.64. The van der Waals surface area contributed by atoms with Crippen LogP contribution in [-0.4, -0.2) is 49.7 Å². The van der Waals surface area contributed by atoms with Gasteiger partial charge in [0.1, 0.15) is 12.4 Å². The van der Waals surface area contributed by atoms with Gasteiger partial charge in [-0.25, -0.2) is 8.42 Å². The van der Waals surface area contributed by atoms with Gasteiger partial charge in [0.15, 0.2) is 0 Å². The van der Waals surface area contributed by atoms with Gasteiger partial charge in [-0.1, -0.05) is 35.9 Å². The molecule has 0 radical (unpaired) electrons. The van der Waals surface area contributed by atoms with Crippen LogP contribution in [0.4, 0.5) is 0 Å². The number of ether oxygens (including phenoxy) is 1. The highest BCUT2D eigenvalue weighted by atomic mass is 32.2. The first-order chi connectivity index (χ1) is 15.3. The molecule has 2 aromatic carbocycles. The number of amides is 1. The molecule has 4 rings (SSSR count). The van der Waals surface area contributed by atoms with Crippen LogP contribution in [0.3, 0.4) is 0 Å². The van der Waals surface area contributed by atoms with E-state index >= 15 is 0 Å². The fourth-order valence-corrected chi connectivity index (χ4v) is 6.02. The Morgan fingerprint density at radius 2 is 1.72 bits per heavy atom. The average molecular weight is 471 g/mol. The van der Waals surface area contributed by atoms with Crippen LogP contribution in [0.5, 0.6) is 5.75 Å². The van der Waals surface area contributed by atoms with Crippen molar-refractivity contribution < 1.29 is 17.9 Å². The molecular weight excluding hydrogens is 444 g/mol. The minimum absolute atomic E-state index is 0.0653. The van der Waals surface area contributed by atoms with Crippen molar-refractivity contribution in [1.29, 1.82) is 0 Å². The number of sulfonamides is 1. The lowest BCUT2D eigenvalue weighted by Gasteiger charge is -2.33. The van der Waals surface area contributed by atoms with E-state index in [-0.39, 0.29) is 23.9 Å². The topological polar surface area (TPSA) is 66.9 Å². The van der Waals surface area contributed by atoms with E-state index in [9.17, 15) is 13.2 Å². The van der Waals surface area contributed by atoms with Crippen LogP contribution < -0.4 is 4.74 Å². The number of thiophene rings is 1. The van der Waals surface area contributed by atoms with Crippen molar-refractivity contribution in [2.75, 3.05) is 26.2 Å². The quantitative estimate of drug-likeness (QED) is 0.544. The van der Waals surface area contributed by atoms with Gasteiger partial charge >= 0.3 is 0 Å². The molecule has 0 bridgehead atoms. The van der Waals surface area contributed by atoms with Crippen LogP contribution in [0.1, 0.15) is 26.4 Å². The molecule has 0 atom stereocenters. The van der Waals surface area contributed by atoms with E-state index in [1.165, 1.54) is 21.2 Å². The molecule has 168 valence electrons. The molecule has 0 spiro atoms. The molecule has 0 unspecified atom stereocenters. The number of piperazine rings is 1. The number of carbonyl (C=O) groups excluding carboxylic acids is 1. The SMILES string of the molecule is Cc1ccc(OCc2csc(C(=O)N3CCN(S(=O)(=O)c4ccccc4)CC3)c2)c(C)c1. The molecule has 1 saturated heterocycles. The van der Waals surface area contributed by atoms with Gasteiger partial charge in [-0.2, -0.15) is 4.31 Å². The highest BCUT2D eigenvalue weighted by Gasteiger charge is 2.30. The smallest absolute Gasteiger partial charge is 0.264 e. The second-order valence-corrected chi connectivity index (χ2v) is 10.7. The van der Waals surface area contributed by atoms with Gasteiger partial charge in [0.05, 0.1) is 9.77 Å². The van der Waals surface area contributed by atoms with Crippen molar-refractivity contribution in [2.24, 2.45) is 0 Å². The fourth-order valence-electron chi connectivity index (χ4n) is 3.71. The molecule has 0 aliphatic carbocycles. The van der Waals surface area contributed by atoms with E-state index < -0.39 is 10.0 Å². The van der Waals surface area contributed by atoms with E-state index in [0.717, 1.165) is 16.9 Å². The van der Waals surface area contributed by atoms with Crippen molar-refractivity contribution in [3.63, 3.8) is 0 Å². The fraction of sp³-hybridized carbons (Fsp3) is 0.292. The van der Waals surface area contributed by atoms with E-state index in [2.05, 4.69) is 6.07 Å². The third kappa shape index (κ3) is 4.87. The van der Waals surface area contributed by atoms with Crippen molar-refractivity contribution in [3.8, 4) is 5.75 Å². The molecule has 1 aliphatic rings. The second kappa shape index (κ2) is 9.44. The monoisotopic (exact) mass is 470 g/mol. The number of aryl methyl sites for hydroxylation is 2. The molecule has 32 heavy (non-hydrogen) atoms.